The largest absolute Gasteiger partial charge is 0.478 e. The van der Waals surface area contributed by atoms with Crippen LogP contribution in [0.25, 0.3) is 11.3 Å². The summed E-state index contributed by atoms with van der Waals surface area (Å²) < 4.78 is 23.5. The van der Waals surface area contributed by atoms with Crippen molar-refractivity contribution in [3.63, 3.8) is 0 Å². The van der Waals surface area contributed by atoms with Crippen LogP contribution in [-0.2, 0) is 4.79 Å². The second-order valence-corrected chi connectivity index (χ2v) is 4.53. The Morgan fingerprint density at radius 2 is 2.32 bits per heavy atom. The van der Waals surface area contributed by atoms with Crippen molar-refractivity contribution in [3.05, 3.63) is 34.9 Å². The number of nitrogens with zero attached hydrogens (tertiary/aromatic N) is 1. The molecule has 0 aliphatic heterocycles. The fraction of sp³-hybridized carbons (Fsp3) is 0.167. The van der Waals surface area contributed by atoms with Crippen molar-refractivity contribution in [3.8, 4) is 17.1 Å². The molecule has 1 aromatic carbocycles. The van der Waals surface area contributed by atoms with Crippen LogP contribution in [0.3, 0.4) is 0 Å². The lowest BCUT2D eigenvalue weighted by atomic mass is 10.1. The molecule has 0 spiro atoms. The van der Waals surface area contributed by atoms with Crippen molar-refractivity contribution >= 4 is 21.9 Å². The Morgan fingerprint density at radius 3 is 2.89 bits per heavy atom. The van der Waals surface area contributed by atoms with E-state index in [0.29, 0.717) is 11.3 Å². The molecule has 1 atom stereocenters. The van der Waals surface area contributed by atoms with Crippen molar-refractivity contribution in [2.24, 2.45) is 0 Å². The van der Waals surface area contributed by atoms with Crippen LogP contribution in [-0.4, -0.2) is 29.0 Å². The van der Waals surface area contributed by atoms with Gasteiger partial charge >= 0.3 is 5.97 Å². The highest BCUT2D eigenvalue weighted by molar-refractivity contribution is 9.10. The Balaban J connectivity index is 2.37. The first-order valence-electron chi connectivity index (χ1n) is 5.28. The first-order valence-corrected chi connectivity index (χ1v) is 6.07. The summed E-state index contributed by atoms with van der Waals surface area (Å²) >= 11 is 3.29. The average Bonchev–Trinajstić information content (AvgIpc) is 2.90. The van der Waals surface area contributed by atoms with Crippen LogP contribution in [0.4, 0.5) is 4.39 Å². The predicted molar refractivity (Wildman–Crippen MR) is 67.7 cm³/mol. The standard InChI is InChI=1S/C12H9BrFNO4/c13-7-1-2-9(18-11(6-14)12(16)17)8(5-7)10-3-4-15-19-10/h1-5,11H,6H2,(H,16,17). The molecular weight excluding hydrogens is 321 g/mol. The van der Waals surface area contributed by atoms with Crippen molar-refractivity contribution in [1.29, 1.82) is 0 Å². The Kier molecular flexibility index (Phi) is 4.16. The number of carboxylic acids is 1. The maximum absolute atomic E-state index is 12.6. The third kappa shape index (κ3) is 3.11. The van der Waals surface area contributed by atoms with Gasteiger partial charge in [-0.15, -0.1) is 0 Å². The van der Waals surface area contributed by atoms with E-state index in [1.807, 2.05) is 0 Å². The lowest BCUT2D eigenvalue weighted by Crippen LogP contribution is -2.29. The van der Waals surface area contributed by atoms with Gasteiger partial charge < -0.3 is 14.4 Å². The number of hydrogen-bond acceptors (Lipinski definition) is 4. The SMILES string of the molecule is O=C(O)C(CF)Oc1ccc(Br)cc1-c1ccno1. The lowest BCUT2D eigenvalue weighted by Gasteiger charge is -2.14. The molecule has 100 valence electrons. The summed E-state index contributed by atoms with van der Waals surface area (Å²) in [5.74, 6) is -0.752. The molecule has 0 fully saturated rings. The van der Waals surface area contributed by atoms with Crippen LogP contribution < -0.4 is 4.74 Å². The summed E-state index contributed by atoms with van der Waals surface area (Å²) in [7, 11) is 0. The number of rotatable bonds is 5. The monoisotopic (exact) mass is 329 g/mol. The molecular formula is C12H9BrFNO4. The quantitative estimate of drug-likeness (QED) is 0.913. The van der Waals surface area contributed by atoms with Gasteiger partial charge in [-0.05, 0) is 18.2 Å². The number of carbonyl (C=O) groups is 1. The third-order valence-corrected chi connectivity index (χ3v) is 2.82. The summed E-state index contributed by atoms with van der Waals surface area (Å²) in [5.41, 5.74) is 0.492. The maximum Gasteiger partial charge on any atom is 0.347 e. The number of hydrogen-bond donors (Lipinski definition) is 1. The topological polar surface area (TPSA) is 72.6 Å². The van der Waals surface area contributed by atoms with E-state index in [1.165, 1.54) is 12.3 Å². The molecule has 7 heteroatoms. The summed E-state index contributed by atoms with van der Waals surface area (Å²) in [6.45, 7) is -1.12. The lowest BCUT2D eigenvalue weighted by molar-refractivity contribution is -0.145. The number of halogens is 2. The molecule has 0 radical (unpaired) electrons. The normalized spacial score (nSPS) is 12.1. The Hall–Kier alpha value is -1.89. The molecule has 19 heavy (non-hydrogen) atoms. The van der Waals surface area contributed by atoms with Gasteiger partial charge in [-0.2, -0.15) is 0 Å². The van der Waals surface area contributed by atoms with Crippen LogP contribution in [0.15, 0.2) is 39.5 Å². The van der Waals surface area contributed by atoms with Crippen molar-refractivity contribution in [1.82, 2.24) is 5.16 Å². The second-order valence-electron chi connectivity index (χ2n) is 3.62. The number of aromatic nitrogens is 1. The fourth-order valence-corrected chi connectivity index (χ4v) is 1.81. The zero-order valence-electron chi connectivity index (χ0n) is 9.55. The minimum Gasteiger partial charge on any atom is -0.478 e. The van der Waals surface area contributed by atoms with Gasteiger partial charge in [-0.1, -0.05) is 21.1 Å². The number of alkyl halides is 1. The first kappa shape index (κ1) is 13.5. The van der Waals surface area contributed by atoms with Crippen LogP contribution in [0, 0.1) is 0 Å². The van der Waals surface area contributed by atoms with Crippen LogP contribution in [0.5, 0.6) is 5.75 Å². The summed E-state index contributed by atoms with van der Waals surface area (Å²) in [6.07, 6.45) is -0.105. The van der Waals surface area contributed by atoms with E-state index in [1.54, 1.807) is 18.2 Å². The summed E-state index contributed by atoms with van der Waals surface area (Å²) in [5, 5.41) is 12.4. The Bertz CT molecular complexity index is 573. The molecule has 0 bridgehead atoms. The fourth-order valence-electron chi connectivity index (χ4n) is 1.45. The number of benzene rings is 1. The van der Waals surface area contributed by atoms with E-state index in [-0.39, 0.29) is 5.75 Å². The van der Waals surface area contributed by atoms with Crippen molar-refractivity contribution in [2.75, 3.05) is 6.67 Å². The highest BCUT2D eigenvalue weighted by Gasteiger charge is 2.21. The molecule has 2 rings (SSSR count). The number of aliphatic carboxylic acids is 1. The van der Waals surface area contributed by atoms with E-state index >= 15 is 0 Å². The molecule has 1 aromatic heterocycles. The molecule has 2 aromatic rings. The van der Waals surface area contributed by atoms with E-state index in [2.05, 4.69) is 21.1 Å². The zero-order chi connectivity index (χ0) is 13.8. The molecule has 5 nitrogen and oxygen atoms in total. The smallest absolute Gasteiger partial charge is 0.347 e. The van der Waals surface area contributed by atoms with E-state index in [9.17, 15) is 9.18 Å². The van der Waals surface area contributed by atoms with Crippen LogP contribution in [0.1, 0.15) is 0 Å². The Labute approximate surface area is 116 Å². The van der Waals surface area contributed by atoms with Crippen molar-refractivity contribution < 1.29 is 23.6 Å². The van der Waals surface area contributed by atoms with E-state index < -0.39 is 18.7 Å². The molecule has 1 N–H and O–H groups in total. The van der Waals surface area contributed by atoms with E-state index in [0.717, 1.165) is 4.47 Å². The first-order chi connectivity index (χ1) is 9.11. The highest BCUT2D eigenvalue weighted by Crippen LogP contribution is 2.33. The zero-order valence-corrected chi connectivity index (χ0v) is 11.1. The van der Waals surface area contributed by atoms with E-state index in [4.69, 9.17) is 14.4 Å². The van der Waals surface area contributed by atoms with Gasteiger partial charge in [-0.25, -0.2) is 9.18 Å². The van der Waals surface area contributed by atoms with Gasteiger partial charge in [0.05, 0.1) is 11.8 Å². The average molecular weight is 330 g/mol. The van der Waals surface area contributed by atoms with Crippen molar-refractivity contribution in [2.45, 2.75) is 6.10 Å². The Morgan fingerprint density at radius 1 is 1.53 bits per heavy atom. The van der Waals surface area contributed by atoms with Gasteiger partial charge in [0.25, 0.3) is 0 Å². The molecule has 0 aliphatic rings. The predicted octanol–water partition coefficient (Wildman–Crippen LogP) is 2.91. The van der Waals surface area contributed by atoms with Gasteiger partial charge in [0.2, 0.25) is 6.10 Å². The molecule has 0 saturated heterocycles. The van der Waals surface area contributed by atoms with Gasteiger partial charge in [0.1, 0.15) is 12.4 Å². The molecule has 0 aliphatic carbocycles. The summed E-state index contributed by atoms with van der Waals surface area (Å²) in [4.78, 5) is 10.8. The molecule has 0 saturated carbocycles. The van der Waals surface area contributed by atoms with Crippen LogP contribution >= 0.6 is 15.9 Å². The number of carboxylic acid groups (broad SMARTS) is 1. The number of ether oxygens (including phenoxy) is 1. The second kappa shape index (κ2) is 5.83. The summed E-state index contributed by atoms with van der Waals surface area (Å²) in [6, 6.07) is 6.47. The van der Waals surface area contributed by atoms with Gasteiger partial charge in [-0.3, -0.25) is 0 Å². The van der Waals surface area contributed by atoms with Crippen LogP contribution in [0.2, 0.25) is 0 Å². The maximum atomic E-state index is 12.6. The highest BCUT2D eigenvalue weighted by atomic mass is 79.9. The third-order valence-electron chi connectivity index (χ3n) is 2.33. The van der Waals surface area contributed by atoms with Gasteiger partial charge in [0, 0.05) is 10.5 Å². The molecule has 0 amide bonds. The minimum atomic E-state index is -1.55. The minimum absolute atomic E-state index is 0.213. The molecule has 1 heterocycles. The molecule has 1 unspecified atom stereocenters. The van der Waals surface area contributed by atoms with Gasteiger partial charge in [0.15, 0.2) is 5.76 Å².